The highest BCUT2D eigenvalue weighted by atomic mass is 32.2. The van der Waals surface area contributed by atoms with E-state index in [2.05, 4.69) is 5.32 Å². The standard InChI is InChI=1S/C29H35N3O4S/c1-6-30-29(34)24(5)31(19-25-12-8-7-9-13-25)28(33)20-32(27-14-10-11-22(3)23(27)4)37(35,36)26-17-15-21(2)16-18-26/h7-18,24H,6,19-20H2,1-5H3,(H,30,34)/t24-/m1/s1. The first-order valence-corrected chi connectivity index (χ1v) is 13.8. The Morgan fingerprint density at radius 3 is 2.16 bits per heavy atom. The van der Waals surface area contributed by atoms with Gasteiger partial charge in [0.05, 0.1) is 10.6 Å². The van der Waals surface area contributed by atoms with Crippen molar-refractivity contribution in [2.45, 2.75) is 52.1 Å². The zero-order valence-corrected chi connectivity index (χ0v) is 22.9. The molecular formula is C29H35N3O4S. The van der Waals surface area contributed by atoms with Crippen LogP contribution in [-0.4, -0.2) is 44.3 Å². The number of nitrogens with one attached hydrogen (secondary N) is 1. The maximum absolute atomic E-state index is 13.9. The van der Waals surface area contributed by atoms with Crippen LogP contribution in [0.3, 0.4) is 0 Å². The lowest BCUT2D eigenvalue weighted by Crippen LogP contribution is -2.51. The van der Waals surface area contributed by atoms with Crippen molar-refractivity contribution in [1.82, 2.24) is 10.2 Å². The second-order valence-electron chi connectivity index (χ2n) is 9.12. The molecule has 0 spiro atoms. The topological polar surface area (TPSA) is 86.8 Å². The third-order valence-electron chi connectivity index (χ3n) is 6.45. The van der Waals surface area contributed by atoms with Crippen LogP contribution < -0.4 is 9.62 Å². The van der Waals surface area contributed by atoms with Gasteiger partial charge in [0.2, 0.25) is 11.8 Å². The van der Waals surface area contributed by atoms with Crippen molar-refractivity contribution in [3.63, 3.8) is 0 Å². The molecule has 8 heteroatoms. The number of hydrogen-bond donors (Lipinski definition) is 1. The molecular weight excluding hydrogens is 486 g/mol. The second kappa shape index (κ2) is 12.1. The first-order chi connectivity index (χ1) is 17.6. The molecule has 1 N–H and O–H groups in total. The Kier molecular flexibility index (Phi) is 9.10. The highest BCUT2D eigenvalue weighted by Crippen LogP contribution is 2.29. The fourth-order valence-corrected chi connectivity index (χ4v) is 5.51. The summed E-state index contributed by atoms with van der Waals surface area (Å²) in [5, 5.41) is 2.76. The highest BCUT2D eigenvalue weighted by molar-refractivity contribution is 7.92. The Morgan fingerprint density at radius 1 is 0.892 bits per heavy atom. The number of likely N-dealkylation sites (N-methyl/N-ethyl adjacent to an activating group) is 1. The van der Waals surface area contributed by atoms with Gasteiger partial charge in [-0.1, -0.05) is 60.2 Å². The van der Waals surface area contributed by atoms with E-state index in [1.807, 2.05) is 64.1 Å². The Labute approximate surface area is 220 Å². The van der Waals surface area contributed by atoms with Crippen molar-refractivity contribution in [2.24, 2.45) is 0 Å². The number of nitrogens with zero attached hydrogens (tertiary/aromatic N) is 2. The van der Waals surface area contributed by atoms with Gasteiger partial charge in [-0.15, -0.1) is 0 Å². The number of sulfonamides is 1. The molecule has 196 valence electrons. The Hall–Kier alpha value is -3.65. The lowest BCUT2D eigenvalue weighted by molar-refractivity contribution is -0.139. The molecule has 0 aromatic heterocycles. The van der Waals surface area contributed by atoms with Gasteiger partial charge in [0.15, 0.2) is 0 Å². The molecule has 0 radical (unpaired) electrons. The van der Waals surface area contributed by atoms with E-state index < -0.39 is 28.5 Å². The predicted octanol–water partition coefficient (Wildman–Crippen LogP) is 4.36. The number of carbonyl (C=O) groups is 2. The molecule has 7 nitrogen and oxygen atoms in total. The smallest absolute Gasteiger partial charge is 0.264 e. The zero-order valence-electron chi connectivity index (χ0n) is 22.1. The van der Waals surface area contributed by atoms with Crippen molar-refractivity contribution in [1.29, 1.82) is 0 Å². The molecule has 0 saturated heterocycles. The van der Waals surface area contributed by atoms with Gasteiger partial charge >= 0.3 is 0 Å². The van der Waals surface area contributed by atoms with Crippen molar-refractivity contribution < 1.29 is 18.0 Å². The predicted molar refractivity (Wildman–Crippen MR) is 147 cm³/mol. The molecule has 0 saturated carbocycles. The quantitative estimate of drug-likeness (QED) is 0.430. The second-order valence-corrected chi connectivity index (χ2v) is 11.0. The van der Waals surface area contributed by atoms with E-state index >= 15 is 0 Å². The van der Waals surface area contributed by atoms with Gasteiger partial charge in [-0.2, -0.15) is 0 Å². The van der Waals surface area contributed by atoms with Crippen LogP contribution in [0.2, 0.25) is 0 Å². The number of amides is 2. The molecule has 0 aliphatic carbocycles. The fourth-order valence-electron chi connectivity index (χ4n) is 4.04. The summed E-state index contributed by atoms with van der Waals surface area (Å²) in [4.78, 5) is 28.1. The van der Waals surface area contributed by atoms with E-state index in [9.17, 15) is 18.0 Å². The summed E-state index contributed by atoms with van der Waals surface area (Å²) in [6.45, 7) is 9.23. The van der Waals surface area contributed by atoms with E-state index in [1.54, 1.807) is 43.3 Å². The molecule has 37 heavy (non-hydrogen) atoms. The molecule has 3 aromatic carbocycles. The summed E-state index contributed by atoms with van der Waals surface area (Å²) in [7, 11) is -4.08. The van der Waals surface area contributed by atoms with Crippen molar-refractivity contribution in [2.75, 3.05) is 17.4 Å². The van der Waals surface area contributed by atoms with Crippen molar-refractivity contribution in [3.05, 3.63) is 95.1 Å². The summed E-state index contributed by atoms with van der Waals surface area (Å²) in [5.74, 6) is -0.773. The first kappa shape index (κ1) is 27.9. The van der Waals surface area contributed by atoms with Gasteiger partial charge in [0.1, 0.15) is 12.6 Å². The van der Waals surface area contributed by atoms with Gasteiger partial charge in [0, 0.05) is 13.1 Å². The van der Waals surface area contributed by atoms with E-state index in [0.29, 0.717) is 12.2 Å². The molecule has 0 aliphatic heterocycles. The van der Waals surface area contributed by atoms with Crippen LogP contribution in [0.5, 0.6) is 0 Å². The number of rotatable bonds is 10. The maximum atomic E-state index is 13.9. The van der Waals surface area contributed by atoms with E-state index in [-0.39, 0.29) is 17.3 Å². The van der Waals surface area contributed by atoms with Crippen LogP contribution in [-0.2, 0) is 26.2 Å². The van der Waals surface area contributed by atoms with E-state index in [1.165, 1.54) is 4.90 Å². The number of carbonyl (C=O) groups excluding carboxylic acids is 2. The van der Waals surface area contributed by atoms with Crippen LogP contribution in [0.4, 0.5) is 5.69 Å². The molecule has 0 aliphatic rings. The summed E-state index contributed by atoms with van der Waals surface area (Å²) >= 11 is 0. The molecule has 2 amide bonds. The molecule has 0 bridgehead atoms. The highest BCUT2D eigenvalue weighted by Gasteiger charge is 2.33. The lowest BCUT2D eigenvalue weighted by Gasteiger charge is -2.32. The van der Waals surface area contributed by atoms with Gasteiger partial charge in [0.25, 0.3) is 10.0 Å². The average molecular weight is 522 g/mol. The van der Waals surface area contributed by atoms with Crippen LogP contribution in [0, 0.1) is 20.8 Å². The minimum Gasteiger partial charge on any atom is -0.355 e. The largest absolute Gasteiger partial charge is 0.355 e. The van der Waals surface area contributed by atoms with Crippen molar-refractivity contribution >= 4 is 27.5 Å². The summed E-state index contributed by atoms with van der Waals surface area (Å²) in [6.07, 6.45) is 0. The minimum absolute atomic E-state index is 0.0955. The Bertz CT molecular complexity index is 1340. The number of hydrogen-bond acceptors (Lipinski definition) is 4. The van der Waals surface area contributed by atoms with Crippen LogP contribution in [0.25, 0.3) is 0 Å². The molecule has 0 heterocycles. The van der Waals surface area contributed by atoms with Crippen LogP contribution >= 0.6 is 0 Å². The summed E-state index contributed by atoms with van der Waals surface area (Å²) < 4.78 is 29.0. The third-order valence-corrected chi connectivity index (χ3v) is 8.22. The van der Waals surface area contributed by atoms with Crippen molar-refractivity contribution in [3.8, 4) is 0 Å². The zero-order chi connectivity index (χ0) is 27.2. The van der Waals surface area contributed by atoms with E-state index in [0.717, 1.165) is 26.6 Å². The molecule has 3 aromatic rings. The van der Waals surface area contributed by atoms with Gasteiger partial charge < -0.3 is 10.2 Å². The summed E-state index contributed by atoms with van der Waals surface area (Å²) in [5.41, 5.74) is 3.87. The lowest BCUT2D eigenvalue weighted by atomic mass is 10.1. The normalized spacial score (nSPS) is 12.0. The monoisotopic (exact) mass is 521 g/mol. The fraction of sp³-hybridized carbons (Fsp3) is 0.310. The van der Waals surface area contributed by atoms with Crippen LogP contribution in [0.1, 0.15) is 36.1 Å². The number of anilines is 1. The van der Waals surface area contributed by atoms with E-state index in [4.69, 9.17) is 0 Å². The third kappa shape index (κ3) is 6.57. The van der Waals surface area contributed by atoms with Gasteiger partial charge in [-0.25, -0.2) is 8.42 Å². The summed E-state index contributed by atoms with van der Waals surface area (Å²) in [6, 6.07) is 20.5. The minimum atomic E-state index is -4.08. The number of benzene rings is 3. The Balaban J connectivity index is 2.06. The molecule has 0 unspecified atom stereocenters. The molecule has 0 fully saturated rings. The Morgan fingerprint density at radius 2 is 1.54 bits per heavy atom. The molecule has 1 atom stereocenters. The first-order valence-electron chi connectivity index (χ1n) is 12.3. The van der Waals surface area contributed by atoms with Crippen LogP contribution in [0.15, 0.2) is 77.7 Å². The maximum Gasteiger partial charge on any atom is 0.264 e. The average Bonchev–Trinajstić information content (AvgIpc) is 2.88. The SMILES string of the molecule is CCNC(=O)[C@@H](C)N(Cc1ccccc1)C(=O)CN(c1cccc(C)c1C)S(=O)(=O)c1ccc(C)cc1. The van der Waals surface area contributed by atoms with Gasteiger partial charge in [-0.3, -0.25) is 13.9 Å². The molecule has 3 rings (SSSR count). The van der Waals surface area contributed by atoms with Gasteiger partial charge in [-0.05, 0) is 69.5 Å². The number of aryl methyl sites for hydroxylation is 2.